The molecule has 0 saturated heterocycles. The van der Waals surface area contributed by atoms with E-state index in [4.69, 9.17) is 4.74 Å². The zero-order valence-corrected chi connectivity index (χ0v) is 15.8. The fourth-order valence-corrected chi connectivity index (χ4v) is 4.64. The molecule has 0 unspecified atom stereocenters. The molecule has 0 radical (unpaired) electrons. The summed E-state index contributed by atoms with van der Waals surface area (Å²) in [6.45, 7) is 6.46. The quantitative estimate of drug-likeness (QED) is 0.336. The first kappa shape index (κ1) is 19.0. The molecule has 0 aliphatic heterocycles. The minimum atomic E-state index is 0.857. The Hall–Kier alpha value is -0.300. The Morgan fingerprint density at radius 3 is 2.09 bits per heavy atom. The van der Waals surface area contributed by atoms with E-state index < -0.39 is 0 Å². The summed E-state index contributed by atoms with van der Waals surface area (Å²) >= 11 is 0. The van der Waals surface area contributed by atoms with E-state index in [0.29, 0.717) is 0 Å². The maximum absolute atomic E-state index is 5.76. The molecule has 23 heavy (non-hydrogen) atoms. The molecular weight excluding hydrogens is 280 g/mol. The van der Waals surface area contributed by atoms with Crippen LogP contribution in [0.15, 0.2) is 12.2 Å². The Labute approximate surface area is 145 Å². The van der Waals surface area contributed by atoms with Crippen molar-refractivity contribution in [1.29, 1.82) is 0 Å². The first-order valence-electron chi connectivity index (χ1n) is 10.6. The average Bonchev–Trinajstić information content (AvgIpc) is 2.60. The molecule has 0 aromatic rings. The number of hydrogen-bond acceptors (Lipinski definition) is 1. The van der Waals surface area contributed by atoms with Crippen LogP contribution in [0.2, 0.25) is 0 Å². The highest BCUT2D eigenvalue weighted by Crippen LogP contribution is 2.41. The lowest BCUT2D eigenvalue weighted by Crippen LogP contribution is -2.26. The standard InChI is InChI=1S/C22H40O/c1-3-5-6-7-8-19-9-13-21(14-10-19)22-15-11-20(12-16-22)18-23-17-4-2/h7-8,19-22H,3-6,9-18H2,1-2H3/t19-,20-,21-,22-. The molecule has 2 aliphatic carbocycles. The second kappa shape index (κ2) is 11.3. The van der Waals surface area contributed by atoms with E-state index in [2.05, 4.69) is 26.0 Å². The van der Waals surface area contributed by atoms with Crippen molar-refractivity contribution in [2.24, 2.45) is 23.7 Å². The molecule has 0 atom stereocenters. The van der Waals surface area contributed by atoms with Gasteiger partial charge in [-0.25, -0.2) is 0 Å². The Bertz CT molecular complexity index is 306. The number of ether oxygens (including phenoxy) is 1. The minimum absolute atomic E-state index is 0.857. The molecule has 2 rings (SSSR count). The highest BCUT2D eigenvalue weighted by Gasteiger charge is 2.30. The molecule has 0 bridgehead atoms. The van der Waals surface area contributed by atoms with Gasteiger partial charge in [-0.2, -0.15) is 0 Å². The number of allylic oxidation sites excluding steroid dienone is 2. The molecule has 0 amide bonds. The third-order valence-corrected chi connectivity index (χ3v) is 6.21. The van der Waals surface area contributed by atoms with Gasteiger partial charge in [0.1, 0.15) is 0 Å². The summed E-state index contributed by atoms with van der Waals surface area (Å²) in [6.07, 6.45) is 21.8. The van der Waals surface area contributed by atoms with E-state index in [-0.39, 0.29) is 0 Å². The van der Waals surface area contributed by atoms with Crippen LogP contribution in [0, 0.1) is 23.7 Å². The Morgan fingerprint density at radius 2 is 1.48 bits per heavy atom. The number of unbranched alkanes of at least 4 members (excludes halogenated alkanes) is 2. The summed E-state index contributed by atoms with van der Waals surface area (Å²) in [5.41, 5.74) is 0. The molecule has 2 saturated carbocycles. The minimum Gasteiger partial charge on any atom is -0.381 e. The van der Waals surface area contributed by atoms with Crippen LogP contribution < -0.4 is 0 Å². The highest BCUT2D eigenvalue weighted by molar-refractivity contribution is 4.92. The van der Waals surface area contributed by atoms with Crippen molar-refractivity contribution in [2.45, 2.75) is 90.9 Å². The summed E-state index contributed by atoms with van der Waals surface area (Å²) in [7, 11) is 0. The highest BCUT2D eigenvalue weighted by atomic mass is 16.5. The van der Waals surface area contributed by atoms with Gasteiger partial charge in [-0.1, -0.05) is 38.8 Å². The first-order valence-corrected chi connectivity index (χ1v) is 10.6. The molecule has 0 aromatic carbocycles. The van der Waals surface area contributed by atoms with Crippen LogP contribution in [0.1, 0.15) is 90.9 Å². The first-order chi connectivity index (χ1) is 11.3. The lowest BCUT2D eigenvalue weighted by Gasteiger charge is -2.37. The second-order valence-electron chi connectivity index (χ2n) is 8.10. The Balaban J connectivity index is 1.60. The van der Waals surface area contributed by atoms with Gasteiger partial charge in [-0.05, 0) is 87.9 Å². The normalized spacial score (nSPS) is 32.4. The fourth-order valence-electron chi connectivity index (χ4n) is 4.64. The maximum atomic E-state index is 5.76. The molecule has 1 heteroatoms. The van der Waals surface area contributed by atoms with E-state index in [9.17, 15) is 0 Å². The third-order valence-electron chi connectivity index (χ3n) is 6.21. The molecule has 0 spiro atoms. The van der Waals surface area contributed by atoms with E-state index in [1.807, 2.05) is 0 Å². The molecule has 0 N–H and O–H groups in total. The van der Waals surface area contributed by atoms with Crippen molar-refractivity contribution in [3.05, 3.63) is 12.2 Å². The van der Waals surface area contributed by atoms with E-state index >= 15 is 0 Å². The smallest absolute Gasteiger partial charge is 0.0494 e. The Morgan fingerprint density at radius 1 is 0.826 bits per heavy atom. The lowest BCUT2D eigenvalue weighted by molar-refractivity contribution is 0.0662. The van der Waals surface area contributed by atoms with Gasteiger partial charge < -0.3 is 4.74 Å². The predicted octanol–water partition coefficient (Wildman–Crippen LogP) is 6.77. The van der Waals surface area contributed by atoms with Crippen molar-refractivity contribution in [3.63, 3.8) is 0 Å². The molecule has 0 aromatic heterocycles. The van der Waals surface area contributed by atoms with Crippen LogP contribution in [-0.4, -0.2) is 13.2 Å². The number of rotatable bonds is 9. The van der Waals surface area contributed by atoms with Gasteiger partial charge >= 0.3 is 0 Å². The topological polar surface area (TPSA) is 9.23 Å². The molecule has 0 heterocycles. The van der Waals surface area contributed by atoms with E-state index in [1.165, 1.54) is 70.6 Å². The van der Waals surface area contributed by atoms with E-state index in [1.54, 1.807) is 0 Å². The fraction of sp³-hybridized carbons (Fsp3) is 0.909. The van der Waals surface area contributed by atoms with Gasteiger partial charge in [0.2, 0.25) is 0 Å². The molecule has 2 fully saturated rings. The van der Waals surface area contributed by atoms with Crippen molar-refractivity contribution >= 4 is 0 Å². The van der Waals surface area contributed by atoms with Crippen LogP contribution in [0.3, 0.4) is 0 Å². The molecule has 1 nitrogen and oxygen atoms in total. The van der Waals surface area contributed by atoms with Gasteiger partial charge in [-0.3, -0.25) is 0 Å². The van der Waals surface area contributed by atoms with Crippen LogP contribution >= 0.6 is 0 Å². The summed E-state index contributed by atoms with van der Waals surface area (Å²) < 4.78 is 5.76. The lowest BCUT2D eigenvalue weighted by atomic mass is 9.69. The van der Waals surface area contributed by atoms with E-state index in [0.717, 1.165) is 43.3 Å². The summed E-state index contributed by atoms with van der Waals surface area (Å²) in [6, 6.07) is 0. The third kappa shape index (κ3) is 6.99. The number of hydrogen-bond donors (Lipinski definition) is 0. The Kier molecular flexibility index (Phi) is 9.34. The monoisotopic (exact) mass is 320 g/mol. The zero-order valence-electron chi connectivity index (χ0n) is 15.8. The van der Waals surface area contributed by atoms with Crippen molar-refractivity contribution in [2.75, 3.05) is 13.2 Å². The van der Waals surface area contributed by atoms with Gasteiger partial charge in [0, 0.05) is 13.2 Å². The van der Waals surface area contributed by atoms with Gasteiger partial charge in [0.05, 0.1) is 0 Å². The summed E-state index contributed by atoms with van der Waals surface area (Å²) in [5.74, 6) is 3.81. The van der Waals surface area contributed by atoms with Gasteiger partial charge in [-0.15, -0.1) is 0 Å². The van der Waals surface area contributed by atoms with Crippen LogP contribution in [0.5, 0.6) is 0 Å². The van der Waals surface area contributed by atoms with Crippen molar-refractivity contribution < 1.29 is 4.74 Å². The van der Waals surface area contributed by atoms with Crippen molar-refractivity contribution in [3.8, 4) is 0 Å². The molecule has 134 valence electrons. The van der Waals surface area contributed by atoms with Crippen LogP contribution in [0.25, 0.3) is 0 Å². The van der Waals surface area contributed by atoms with Crippen LogP contribution in [-0.2, 0) is 4.74 Å². The SMILES string of the molecule is CCCCC=C[C@H]1CC[C@H]([C@H]2CC[C@H](COCCC)CC2)CC1. The van der Waals surface area contributed by atoms with Gasteiger partial charge in [0.25, 0.3) is 0 Å². The largest absolute Gasteiger partial charge is 0.381 e. The maximum Gasteiger partial charge on any atom is 0.0494 e. The van der Waals surface area contributed by atoms with Gasteiger partial charge in [0.15, 0.2) is 0 Å². The van der Waals surface area contributed by atoms with Crippen molar-refractivity contribution in [1.82, 2.24) is 0 Å². The average molecular weight is 321 g/mol. The summed E-state index contributed by atoms with van der Waals surface area (Å²) in [4.78, 5) is 0. The predicted molar refractivity (Wildman–Crippen MR) is 101 cm³/mol. The molecular formula is C22H40O. The molecule has 2 aliphatic rings. The summed E-state index contributed by atoms with van der Waals surface area (Å²) in [5, 5.41) is 0. The van der Waals surface area contributed by atoms with Crippen LogP contribution in [0.4, 0.5) is 0 Å². The zero-order chi connectivity index (χ0) is 16.3. The second-order valence-corrected chi connectivity index (χ2v) is 8.10.